The fraction of sp³-hybridized carbons (Fsp3) is 0.857. The summed E-state index contributed by atoms with van der Waals surface area (Å²) >= 11 is 1.84. The molecule has 0 aromatic rings. The molecule has 0 radical (unpaired) electrons. The van der Waals surface area contributed by atoms with Crippen molar-refractivity contribution in [3.05, 3.63) is 0 Å². The van der Waals surface area contributed by atoms with Gasteiger partial charge in [0.2, 0.25) is 0 Å². The molecule has 2 rings (SSSR count). The third kappa shape index (κ3) is 1.26. The predicted octanol–water partition coefficient (Wildman–Crippen LogP) is 1.26. The standard InChI is InChI=1S/C7H10INO2/c8-6(10)9-3-7(4-9)1-2-11-5-7/h1-5H2. The van der Waals surface area contributed by atoms with Crippen LogP contribution in [0.25, 0.3) is 0 Å². The van der Waals surface area contributed by atoms with Crippen LogP contribution in [0.1, 0.15) is 6.42 Å². The van der Waals surface area contributed by atoms with Gasteiger partial charge < -0.3 is 9.64 Å². The molecule has 1 amide bonds. The molecule has 0 bridgehead atoms. The van der Waals surface area contributed by atoms with Gasteiger partial charge in [-0.3, -0.25) is 4.79 Å². The zero-order valence-corrected chi connectivity index (χ0v) is 8.33. The van der Waals surface area contributed by atoms with Crippen LogP contribution in [0.5, 0.6) is 0 Å². The number of hydrogen-bond acceptors (Lipinski definition) is 2. The molecular weight excluding hydrogens is 257 g/mol. The maximum Gasteiger partial charge on any atom is 0.283 e. The third-order valence-electron chi connectivity index (χ3n) is 2.49. The number of amides is 1. The van der Waals surface area contributed by atoms with Gasteiger partial charge >= 0.3 is 0 Å². The van der Waals surface area contributed by atoms with Crippen molar-refractivity contribution < 1.29 is 9.53 Å². The van der Waals surface area contributed by atoms with E-state index in [1.54, 1.807) is 0 Å². The molecular formula is C7H10INO2. The van der Waals surface area contributed by atoms with Crippen LogP contribution in [0.3, 0.4) is 0 Å². The summed E-state index contributed by atoms with van der Waals surface area (Å²) in [5.74, 6) is 0. The molecule has 4 heteroatoms. The summed E-state index contributed by atoms with van der Waals surface area (Å²) in [5, 5.41) is 0. The van der Waals surface area contributed by atoms with Gasteiger partial charge in [0, 0.05) is 47.7 Å². The maximum atomic E-state index is 10.8. The first-order chi connectivity index (χ1) is 5.22. The van der Waals surface area contributed by atoms with Gasteiger partial charge in [-0.2, -0.15) is 0 Å². The Balaban J connectivity index is 1.91. The molecule has 1 spiro atoms. The number of carbonyl (C=O) groups excluding carboxylic acids is 1. The van der Waals surface area contributed by atoms with Crippen LogP contribution >= 0.6 is 22.6 Å². The van der Waals surface area contributed by atoms with Gasteiger partial charge in [-0.25, -0.2) is 0 Å². The predicted molar refractivity (Wildman–Crippen MR) is 48.9 cm³/mol. The first-order valence-corrected chi connectivity index (χ1v) is 4.82. The Bertz CT molecular complexity index is 181. The molecule has 0 aromatic heterocycles. The molecule has 0 unspecified atom stereocenters. The van der Waals surface area contributed by atoms with E-state index in [1.165, 1.54) is 0 Å². The van der Waals surface area contributed by atoms with Gasteiger partial charge in [-0.15, -0.1) is 0 Å². The van der Waals surface area contributed by atoms with Crippen LogP contribution in [-0.4, -0.2) is 35.1 Å². The average molecular weight is 267 g/mol. The highest BCUT2D eigenvalue weighted by atomic mass is 127. The van der Waals surface area contributed by atoms with Crippen molar-refractivity contribution in [1.82, 2.24) is 4.90 Å². The molecule has 0 saturated carbocycles. The lowest BCUT2D eigenvalue weighted by Gasteiger charge is -2.46. The Labute approximate surface area is 79.2 Å². The first-order valence-electron chi connectivity index (χ1n) is 3.74. The van der Waals surface area contributed by atoms with Gasteiger partial charge in [0.25, 0.3) is 3.91 Å². The highest BCUT2D eigenvalue weighted by Gasteiger charge is 2.47. The van der Waals surface area contributed by atoms with Crippen molar-refractivity contribution in [2.75, 3.05) is 26.3 Å². The number of likely N-dealkylation sites (tertiary alicyclic amines) is 1. The van der Waals surface area contributed by atoms with Crippen molar-refractivity contribution in [2.24, 2.45) is 5.41 Å². The number of halogens is 1. The molecule has 62 valence electrons. The molecule has 0 aliphatic carbocycles. The Kier molecular flexibility index (Phi) is 1.83. The average Bonchev–Trinajstić information content (AvgIpc) is 2.29. The lowest BCUT2D eigenvalue weighted by molar-refractivity contribution is 0.0308. The molecule has 2 heterocycles. The molecule has 0 atom stereocenters. The summed E-state index contributed by atoms with van der Waals surface area (Å²) in [7, 11) is 0. The Morgan fingerprint density at radius 3 is 2.73 bits per heavy atom. The van der Waals surface area contributed by atoms with Gasteiger partial charge in [0.1, 0.15) is 0 Å². The van der Waals surface area contributed by atoms with E-state index in [0.29, 0.717) is 5.41 Å². The van der Waals surface area contributed by atoms with Gasteiger partial charge in [0.15, 0.2) is 0 Å². The van der Waals surface area contributed by atoms with Gasteiger partial charge in [-0.1, -0.05) is 0 Å². The van der Waals surface area contributed by atoms with Crippen LogP contribution < -0.4 is 0 Å². The quantitative estimate of drug-likeness (QED) is 0.376. The number of ether oxygens (including phenoxy) is 1. The molecule has 0 N–H and O–H groups in total. The van der Waals surface area contributed by atoms with Crippen LogP contribution in [0.15, 0.2) is 0 Å². The van der Waals surface area contributed by atoms with E-state index in [-0.39, 0.29) is 3.91 Å². The van der Waals surface area contributed by atoms with E-state index in [2.05, 4.69) is 0 Å². The first kappa shape index (κ1) is 7.79. The number of hydrogen-bond donors (Lipinski definition) is 0. The van der Waals surface area contributed by atoms with Crippen LogP contribution in [0.4, 0.5) is 4.79 Å². The van der Waals surface area contributed by atoms with E-state index in [1.807, 2.05) is 27.5 Å². The maximum absolute atomic E-state index is 10.8. The Morgan fingerprint density at radius 1 is 1.55 bits per heavy atom. The molecule has 2 aliphatic heterocycles. The third-order valence-corrected chi connectivity index (χ3v) is 3.17. The van der Waals surface area contributed by atoms with Crippen LogP contribution in [0, 0.1) is 5.41 Å². The molecule has 2 saturated heterocycles. The van der Waals surface area contributed by atoms with Gasteiger partial charge in [0.05, 0.1) is 6.61 Å². The number of nitrogens with zero attached hydrogens (tertiary/aromatic N) is 1. The summed E-state index contributed by atoms with van der Waals surface area (Å²) in [4.78, 5) is 12.7. The molecule has 2 fully saturated rings. The zero-order chi connectivity index (χ0) is 7.90. The van der Waals surface area contributed by atoms with E-state index in [4.69, 9.17) is 4.74 Å². The van der Waals surface area contributed by atoms with Crippen molar-refractivity contribution in [3.63, 3.8) is 0 Å². The highest BCUT2D eigenvalue weighted by molar-refractivity contribution is 14.1. The fourth-order valence-electron chi connectivity index (χ4n) is 1.79. The normalized spacial score (nSPS) is 27.2. The topological polar surface area (TPSA) is 29.5 Å². The second-order valence-electron chi connectivity index (χ2n) is 3.41. The van der Waals surface area contributed by atoms with E-state index in [0.717, 1.165) is 32.7 Å². The van der Waals surface area contributed by atoms with Crippen LogP contribution in [0.2, 0.25) is 0 Å². The molecule has 2 aliphatic rings. The Morgan fingerprint density at radius 2 is 2.27 bits per heavy atom. The van der Waals surface area contributed by atoms with E-state index >= 15 is 0 Å². The molecule has 11 heavy (non-hydrogen) atoms. The smallest absolute Gasteiger partial charge is 0.283 e. The van der Waals surface area contributed by atoms with Crippen molar-refractivity contribution in [1.29, 1.82) is 0 Å². The van der Waals surface area contributed by atoms with Crippen LogP contribution in [-0.2, 0) is 4.74 Å². The summed E-state index contributed by atoms with van der Waals surface area (Å²) in [6.07, 6.45) is 1.13. The lowest BCUT2D eigenvalue weighted by atomic mass is 9.80. The Hall–Kier alpha value is 0.160. The highest BCUT2D eigenvalue weighted by Crippen LogP contribution is 2.38. The summed E-state index contributed by atoms with van der Waals surface area (Å²) < 4.78 is 5.46. The SMILES string of the molecule is O=C(I)N1CC2(CCOC2)C1. The van der Waals surface area contributed by atoms with Crippen molar-refractivity contribution in [3.8, 4) is 0 Å². The second kappa shape index (κ2) is 2.58. The monoisotopic (exact) mass is 267 g/mol. The van der Waals surface area contributed by atoms with Gasteiger partial charge in [-0.05, 0) is 6.42 Å². The molecule has 3 nitrogen and oxygen atoms in total. The van der Waals surface area contributed by atoms with E-state index in [9.17, 15) is 4.79 Å². The minimum Gasteiger partial charge on any atom is -0.381 e. The minimum absolute atomic E-state index is 0.167. The zero-order valence-electron chi connectivity index (χ0n) is 6.18. The minimum atomic E-state index is 0.167. The van der Waals surface area contributed by atoms with Crippen molar-refractivity contribution >= 4 is 26.5 Å². The summed E-state index contributed by atoms with van der Waals surface area (Å²) in [6, 6.07) is 0. The summed E-state index contributed by atoms with van der Waals surface area (Å²) in [6.45, 7) is 3.56. The number of rotatable bonds is 0. The second-order valence-corrected chi connectivity index (χ2v) is 4.33. The lowest BCUT2D eigenvalue weighted by Crippen LogP contribution is -2.57. The molecule has 0 aromatic carbocycles. The largest absolute Gasteiger partial charge is 0.381 e. The van der Waals surface area contributed by atoms with E-state index < -0.39 is 0 Å². The van der Waals surface area contributed by atoms with Crippen molar-refractivity contribution in [2.45, 2.75) is 6.42 Å². The summed E-state index contributed by atoms with van der Waals surface area (Å²) in [5.41, 5.74) is 0.348. The number of carbonyl (C=O) groups is 1. The fourth-order valence-corrected chi connectivity index (χ4v) is 2.13.